The second kappa shape index (κ2) is 14.4. The Bertz CT molecular complexity index is 221. The van der Waals surface area contributed by atoms with Gasteiger partial charge in [0, 0.05) is 0 Å². The van der Waals surface area contributed by atoms with Crippen LogP contribution in [0.2, 0.25) is 0 Å². The number of nitrogens with zero attached hydrogens (tertiary/aromatic N) is 2. The summed E-state index contributed by atoms with van der Waals surface area (Å²) < 4.78 is 5.54. The Hall–Kier alpha value is 0.0569. The first kappa shape index (κ1) is 23.1. The number of nitrogens with one attached hydrogen (secondary N) is 2. The van der Waals surface area contributed by atoms with Gasteiger partial charge in [-0.1, -0.05) is 53.4 Å². The van der Waals surface area contributed by atoms with E-state index in [2.05, 4.69) is 60.9 Å². The molecule has 140 valence electrons. The fraction of sp³-hybridized carbons (Fsp3) is 1.00. The summed E-state index contributed by atoms with van der Waals surface area (Å²) in [5.41, 5.74) is 0. The molecule has 0 rings (SSSR count). The van der Waals surface area contributed by atoms with E-state index in [0.29, 0.717) is 0 Å². The van der Waals surface area contributed by atoms with Gasteiger partial charge in [-0.3, -0.25) is 9.13 Å². The summed E-state index contributed by atoms with van der Waals surface area (Å²) in [6.45, 7) is 14.0. The lowest BCUT2D eigenvalue weighted by Crippen LogP contribution is -2.81. The predicted molar refractivity (Wildman–Crippen MR) is 107 cm³/mol. The Kier molecular flexibility index (Phi) is 14.4. The summed E-state index contributed by atoms with van der Waals surface area (Å²) in [5.74, 6) is 0. The molecule has 0 saturated carbocycles. The average molecular weight is 345 g/mol. The summed E-state index contributed by atoms with van der Waals surface area (Å²) in [6.07, 6.45) is 10.2. The second-order valence-electron chi connectivity index (χ2n) is 6.56. The molecule has 0 aromatic heterocycles. The highest BCUT2D eigenvalue weighted by molar-refractivity contribution is 6.69. The van der Waals surface area contributed by atoms with Crippen molar-refractivity contribution in [2.24, 2.45) is 0 Å². The van der Waals surface area contributed by atoms with Crippen LogP contribution in [-0.2, 0) is 0 Å². The number of hydrogen-bond donors (Lipinski definition) is 2. The van der Waals surface area contributed by atoms with E-state index in [4.69, 9.17) is 0 Å². The molecule has 4 nitrogen and oxygen atoms in total. The first-order valence-electron chi connectivity index (χ1n) is 10.0. The average Bonchev–Trinajstić information content (AvgIpc) is 2.58. The molecule has 0 saturated heterocycles. The zero-order valence-electron chi connectivity index (χ0n) is 16.9. The van der Waals surface area contributed by atoms with Crippen molar-refractivity contribution in [1.29, 1.82) is 0 Å². The summed E-state index contributed by atoms with van der Waals surface area (Å²) >= 11 is 0. The van der Waals surface area contributed by atoms with Gasteiger partial charge in [-0.15, -0.1) is 0 Å². The van der Waals surface area contributed by atoms with Crippen molar-refractivity contribution in [3.63, 3.8) is 0 Å². The predicted octanol–water partition coefficient (Wildman–Crippen LogP) is 3.67. The molecule has 0 unspecified atom stereocenters. The van der Waals surface area contributed by atoms with Crippen LogP contribution in [0.15, 0.2) is 0 Å². The maximum Gasteiger partial charge on any atom is 0.371 e. The lowest BCUT2D eigenvalue weighted by atomic mass is 10.3. The molecule has 0 radical (unpaired) electrons. The van der Waals surface area contributed by atoms with Crippen LogP contribution in [0.5, 0.6) is 0 Å². The van der Waals surface area contributed by atoms with Crippen LogP contribution in [0.1, 0.15) is 79.1 Å². The Labute approximate surface area is 147 Å². The van der Waals surface area contributed by atoms with Gasteiger partial charge in [0.2, 0.25) is 0 Å². The number of unbranched alkanes of at least 4 members (excludes halogenated alkanes) is 4. The second-order valence-corrected chi connectivity index (χ2v) is 10.2. The molecule has 0 fully saturated rings. The monoisotopic (exact) mass is 344 g/mol. The zero-order valence-corrected chi connectivity index (χ0v) is 17.9. The van der Waals surface area contributed by atoms with Crippen molar-refractivity contribution in [1.82, 2.24) is 19.1 Å². The SMILES string of the molecule is CCCCN(CCCC)[Si](NC)(NC)N(CCCC)CCCC. The van der Waals surface area contributed by atoms with E-state index in [-0.39, 0.29) is 0 Å². The Morgan fingerprint density at radius 1 is 0.565 bits per heavy atom. The van der Waals surface area contributed by atoms with Crippen molar-refractivity contribution in [2.75, 3.05) is 40.3 Å². The van der Waals surface area contributed by atoms with Crippen LogP contribution in [0.25, 0.3) is 0 Å². The summed E-state index contributed by atoms with van der Waals surface area (Å²) in [6, 6.07) is 0. The molecule has 0 aliphatic heterocycles. The van der Waals surface area contributed by atoms with E-state index in [1.165, 1.54) is 77.5 Å². The third kappa shape index (κ3) is 7.65. The third-order valence-electron chi connectivity index (χ3n) is 4.74. The molecule has 0 aliphatic rings. The van der Waals surface area contributed by atoms with Crippen molar-refractivity contribution in [3.05, 3.63) is 0 Å². The molecule has 0 heterocycles. The summed E-state index contributed by atoms with van der Waals surface area (Å²) in [5, 5.41) is 0. The molecule has 5 heteroatoms. The molecule has 0 spiro atoms. The quantitative estimate of drug-likeness (QED) is 0.418. The normalized spacial score (nSPS) is 12.5. The topological polar surface area (TPSA) is 30.5 Å². The van der Waals surface area contributed by atoms with Gasteiger partial charge in [0.25, 0.3) is 0 Å². The Morgan fingerprint density at radius 2 is 0.826 bits per heavy atom. The van der Waals surface area contributed by atoms with E-state index >= 15 is 0 Å². The molecular weight excluding hydrogens is 300 g/mol. The molecule has 0 aromatic rings. The van der Waals surface area contributed by atoms with E-state index in [9.17, 15) is 0 Å². The maximum atomic E-state index is 3.78. The van der Waals surface area contributed by atoms with Crippen LogP contribution in [0, 0.1) is 0 Å². The van der Waals surface area contributed by atoms with Gasteiger partial charge in [0.15, 0.2) is 0 Å². The molecule has 2 N–H and O–H groups in total. The van der Waals surface area contributed by atoms with Gasteiger partial charge in [-0.05, 0) is 66.0 Å². The Balaban J connectivity index is 5.33. The lowest BCUT2D eigenvalue weighted by molar-refractivity contribution is 0.284. The van der Waals surface area contributed by atoms with Gasteiger partial charge in [0.1, 0.15) is 0 Å². The fourth-order valence-corrected chi connectivity index (χ4v) is 7.07. The highest BCUT2D eigenvalue weighted by atomic mass is 28.4. The van der Waals surface area contributed by atoms with Crippen molar-refractivity contribution >= 4 is 8.72 Å². The van der Waals surface area contributed by atoms with Gasteiger partial charge >= 0.3 is 8.72 Å². The minimum atomic E-state index is -1.98. The van der Waals surface area contributed by atoms with Crippen LogP contribution >= 0.6 is 0 Å². The first-order valence-corrected chi connectivity index (χ1v) is 11.9. The van der Waals surface area contributed by atoms with Gasteiger partial charge < -0.3 is 9.96 Å². The van der Waals surface area contributed by atoms with Crippen LogP contribution in [0.3, 0.4) is 0 Å². The minimum Gasteiger partial charge on any atom is -0.303 e. The van der Waals surface area contributed by atoms with Crippen LogP contribution in [0.4, 0.5) is 0 Å². The molecule has 0 atom stereocenters. The largest absolute Gasteiger partial charge is 0.371 e. The highest BCUT2D eigenvalue weighted by Crippen LogP contribution is 2.15. The molecule has 23 heavy (non-hydrogen) atoms. The van der Waals surface area contributed by atoms with Crippen LogP contribution < -0.4 is 9.96 Å². The third-order valence-corrected chi connectivity index (χ3v) is 8.86. The highest BCUT2D eigenvalue weighted by Gasteiger charge is 2.44. The zero-order chi connectivity index (χ0) is 17.6. The number of hydrogen-bond acceptors (Lipinski definition) is 4. The molecule has 0 bridgehead atoms. The van der Waals surface area contributed by atoms with Gasteiger partial charge in [-0.2, -0.15) is 0 Å². The van der Waals surface area contributed by atoms with E-state index in [0.717, 1.165) is 0 Å². The Morgan fingerprint density at radius 3 is 1.00 bits per heavy atom. The van der Waals surface area contributed by atoms with Crippen molar-refractivity contribution < 1.29 is 0 Å². The fourth-order valence-electron chi connectivity index (χ4n) is 3.22. The molecule has 0 amide bonds. The van der Waals surface area contributed by atoms with Gasteiger partial charge in [0.05, 0.1) is 0 Å². The maximum absolute atomic E-state index is 3.78. The van der Waals surface area contributed by atoms with E-state index < -0.39 is 8.72 Å². The van der Waals surface area contributed by atoms with Crippen LogP contribution in [-0.4, -0.2) is 58.1 Å². The molecule has 0 aromatic carbocycles. The lowest BCUT2D eigenvalue weighted by Gasteiger charge is -2.47. The van der Waals surface area contributed by atoms with E-state index in [1.807, 2.05) is 0 Å². The molecule has 0 aliphatic carbocycles. The summed E-state index contributed by atoms with van der Waals surface area (Å²) in [4.78, 5) is 7.56. The van der Waals surface area contributed by atoms with Crippen molar-refractivity contribution in [2.45, 2.75) is 79.1 Å². The minimum absolute atomic E-state index is 1.21. The van der Waals surface area contributed by atoms with Gasteiger partial charge in [-0.25, -0.2) is 0 Å². The molecular formula is C18H44N4Si. The van der Waals surface area contributed by atoms with Crippen molar-refractivity contribution in [3.8, 4) is 0 Å². The smallest absolute Gasteiger partial charge is 0.303 e. The summed E-state index contributed by atoms with van der Waals surface area (Å²) in [7, 11) is 2.35. The first-order chi connectivity index (χ1) is 11.2. The van der Waals surface area contributed by atoms with E-state index in [1.54, 1.807) is 0 Å². The number of rotatable bonds is 16. The standard InChI is InChI=1S/C18H44N4Si/c1-7-11-15-21(16-12-8-2)23(19-5,20-6)22(17-13-9-3)18-14-10-4/h19-20H,7-18H2,1-6H3.